The van der Waals surface area contributed by atoms with E-state index < -0.39 is 0 Å². The molecule has 2 aromatic rings. The lowest BCUT2D eigenvalue weighted by Gasteiger charge is -2.04. The van der Waals surface area contributed by atoms with Gasteiger partial charge in [-0.05, 0) is 33.6 Å². The molecule has 0 aliphatic rings. The van der Waals surface area contributed by atoms with Crippen LogP contribution in [0.2, 0.25) is 0 Å². The fraction of sp³-hybridized carbons (Fsp3) is 0.222. The molecule has 0 aliphatic carbocycles. The molecule has 1 aromatic heterocycles. The summed E-state index contributed by atoms with van der Waals surface area (Å²) in [5.74, 6) is 0.694. The molecule has 0 atom stereocenters. The highest BCUT2D eigenvalue weighted by Gasteiger charge is 2.11. The monoisotopic (exact) mass is 388 g/mol. The average Bonchev–Trinajstić information content (AvgIpc) is 2.97. The maximum Gasteiger partial charge on any atom is 0.138 e. The van der Waals surface area contributed by atoms with Crippen LogP contribution in [0.5, 0.6) is 0 Å². The number of allylic oxidation sites excluding steroid dienone is 4. The summed E-state index contributed by atoms with van der Waals surface area (Å²) in [7, 11) is 5.39. The normalized spacial score (nSPS) is 12.1. The molecule has 1 aromatic carbocycles. The van der Waals surface area contributed by atoms with Crippen molar-refractivity contribution in [1.29, 1.82) is 0 Å². The standard InChI is InChI=1S/C18H21BrN4O/c1-12(9-15(19)10-20-23(3)4)13(2)18-21-16-8-6-7-14(11-24-5)17(16)22-18/h6-10H,1-2,11H2,3-5H3,(H,21,22)/b15-9+,20-10-. The van der Waals surface area contributed by atoms with Crippen LogP contribution in [-0.4, -0.2) is 42.4 Å². The van der Waals surface area contributed by atoms with Gasteiger partial charge in [-0.1, -0.05) is 25.3 Å². The molecule has 0 radical (unpaired) electrons. The van der Waals surface area contributed by atoms with Gasteiger partial charge in [0.05, 0.1) is 23.9 Å². The Bertz CT molecular complexity index is 818. The number of rotatable bonds is 7. The smallest absolute Gasteiger partial charge is 0.138 e. The van der Waals surface area contributed by atoms with Gasteiger partial charge < -0.3 is 14.7 Å². The second-order valence-corrected chi connectivity index (χ2v) is 6.37. The van der Waals surface area contributed by atoms with Crippen molar-refractivity contribution in [2.75, 3.05) is 21.2 Å². The van der Waals surface area contributed by atoms with Crippen LogP contribution in [0.15, 0.2) is 52.6 Å². The van der Waals surface area contributed by atoms with Crippen molar-refractivity contribution in [3.63, 3.8) is 0 Å². The minimum atomic E-state index is 0.515. The van der Waals surface area contributed by atoms with Gasteiger partial charge in [-0.15, -0.1) is 0 Å². The molecule has 0 amide bonds. The number of ether oxygens (including phenoxy) is 1. The molecule has 6 heteroatoms. The summed E-state index contributed by atoms with van der Waals surface area (Å²) in [5.41, 5.74) is 4.35. The molecule has 0 spiro atoms. The number of aromatic amines is 1. The van der Waals surface area contributed by atoms with Gasteiger partial charge >= 0.3 is 0 Å². The molecule has 1 heterocycles. The summed E-state index contributed by atoms with van der Waals surface area (Å²) in [4.78, 5) is 7.94. The highest BCUT2D eigenvalue weighted by molar-refractivity contribution is 9.12. The molecule has 0 fully saturated rings. The zero-order chi connectivity index (χ0) is 17.7. The highest BCUT2D eigenvalue weighted by Crippen LogP contribution is 2.25. The predicted molar refractivity (Wildman–Crippen MR) is 104 cm³/mol. The fourth-order valence-corrected chi connectivity index (χ4v) is 2.49. The SMILES string of the molecule is C=C(/C=C(Br)\C=N/N(C)C)C(=C)c1nc2c(COC)cccc2[nH]1. The summed E-state index contributed by atoms with van der Waals surface area (Å²) < 4.78 is 6.03. The number of hydrazone groups is 1. The molecule has 126 valence electrons. The lowest BCUT2D eigenvalue weighted by atomic mass is 10.1. The van der Waals surface area contributed by atoms with Gasteiger partial charge in [0.15, 0.2) is 0 Å². The maximum atomic E-state index is 5.22. The van der Waals surface area contributed by atoms with Crippen molar-refractivity contribution in [2.24, 2.45) is 5.10 Å². The number of imidazole rings is 1. The Morgan fingerprint density at radius 1 is 1.42 bits per heavy atom. The molecule has 0 bridgehead atoms. The van der Waals surface area contributed by atoms with Crippen molar-refractivity contribution >= 4 is 38.8 Å². The molecular weight excluding hydrogens is 368 g/mol. The first-order valence-electron chi connectivity index (χ1n) is 7.36. The first kappa shape index (κ1) is 18.2. The quantitative estimate of drug-likeness (QED) is 0.441. The van der Waals surface area contributed by atoms with E-state index in [1.165, 1.54) is 0 Å². The van der Waals surface area contributed by atoms with Gasteiger partial charge in [0.25, 0.3) is 0 Å². The van der Waals surface area contributed by atoms with Crippen molar-refractivity contribution in [1.82, 2.24) is 15.0 Å². The van der Waals surface area contributed by atoms with Gasteiger partial charge in [-0.2, -0.15) is 5.10 Å². The summed E-state index contributed by atoms with van der Waals surface area (Å²) >= 11 is 3.45. The number of hydrogen-bond donors (Lipinski definition) is 1. The second kappa shape index (κ2) is 8.08. The minimum Gasteiger partial charge on any atom is -0.380 e. The molecule has 0 saturated carbocycles. The third-order valence-electron chi connectivity index (χ3n) is 3.29. The topological polar surface area (TPSA) is 53.5 Å². The zero-order valence-corrected chi connectivity index (χ0v) is 15.7. The lowest BCUT2D eigenvalue weighted by molar-refractivity contribution is 0.186. The molecule has 1 N–H and O–H groups in total. The number of nitrogens with one attached hydrogen (secondary N) is 1. The van der Waals surface area contributed by atoms with E-state index in [-0.39, 0.29) is 0 Å². The largest absolute Gasteiger partial charge is 0.380 e. The number of para-hydroxylation sites is 1. The van der Waals surface area contributed by atoms with Crippen molar-refractivity contribution in [3.8, 4) is 0 Å². The minimum absolute atomic E-state index is 0.515. The number of benzene rings is 1. The summed E-state index contributed by atoms with van der Waals surface area (Å²) in [6, 6.07) is 5.96. The van der Waals surface area contributed by atoms with Crippen LogP contribution in [0.4, 0.5) is 0 Å². The van der Waals surface area contributed by atoms with Gasteiger partial charge in [0, 0.05) is 36.8 Å². The van der Waals surface area contributed by atoms with E-state index in [0.717, 1.165) is 32.2 Å². The highest BCUT2D eigenvalue weighted by atomic mass is 79.9. The summed E-state index contributed by atoms with van der Waals surface area (Å²) in [6.07, 6.45) is 3.56. The number of aromatic nitrogens is 2. The maximum absolute atomic E-state index is 5.22. The van der Waals surface area contributed by atoms with Crippen LogP contribution >= 0.6 is 15.9 Å². The van der Waals surface area contributed by atoms with Crippen LogP contribution in [0.25, 0.3) is 16.6 Å². The molecule has 5 nitrogen and oxygen atoms in total. The Balaban J connectivity index is 2.26. The van der Waals surface area contributed by atoms with Crippen molar-refractivity contribution in [3.05, 3.63) is 58.9 Å². The van der Waals surface area contributed by atoms with Gasteiger partial charge in [0.2, 0.25) is 0 Å². The first-order chi connectivity index (χ1) is 11.4. The number of methoxy groups -OCH3 is 1. The first-order valence-corrected chi connectivity index (χ1v) is 8.15. The zero-order valence-electron chi connectivity index (χ0n) is 14.1. The Kier molecular flexibility index (Phi) is 6.11. The molecule has 0 aliphatic heterocycles. The Hall–Kier alpha value is -2.18. The third-order valence-corrected chi connectivity index (χ3v) is 3.73. The van der Waals surface area contributed by atoms with Crippen LogP contribution in [0.3, 0.4) is 0 Å². The number of nitrogens with zero attached hydrogens (tertiary/aromatic N) is 3. The Morgan fingerprint density at radius 3 is 2.83 bits per heavy atom. The van der Waals surface area contributed by atoms with E-state index in [4.69, 9.17) is 4.74 Å². The van der Waals surface area contributed by atoms with Gasteiger partial charge in [-0.25, -0.2) is 4.98 Å². The van der Waals surface area contributed by atoms with E-state index in [1.54, 1.807) is 18.3 Å². The van der Waals surface area contributed by atoms with Gasteiger partial charge in [-0.3, -0.25) is 0 Å². The Morgan fingerprint density at radius 2 is 2.17 bits per heavy atom. The molecule has 24 heavy (non-hydrogen) atoms. The van der Waals surface area contributed by atoms with Crippen molar-refractivity contribution < 1.29 is 4.74 Å². The number of H-pyrrole nitrogens is 1. The number of halogens is 1. The molecule has 0 unspecified atom stereocenters. The number of fused-ring (bicyclic) bond motifs is 1. The Labute approximate surface area is 150 Å². The number of hydrogen-bond acceptors (Lipinski definition) is 4. The predicted octanol–water partition coefficient (Wildman–Crippen LogP) is 4.10. The van der Waals surface area contributed by atoms with Crippen LogP contribution in [-0.2, 0) is 11.3 Å². The van der Waals surface area contributed by atoms with Crippen molar-refractivity contribution in [2.45, 2.75) is 6.61 Å². The fourth-order valence-electron chi connectivity index (χ4n) is 2.12. The van der Waals surface area contributed by atoms with Crippen LogP contribution < -0.4 is 0 Å². The van der Waals surface area contributed by atoms with Gasteiger partial charge in [0.1, 0.15) is 5.82 Å². The average molecular weight is 389 g/mol. The van der Waals surface area contributed by atoms with E-state index >= 15 is 0 Å². The molecular formula is C18H21BrN4O. The van der Waals surface area contributed by atoms with E-state index in [2.05, 4.69) is 44.2 Å². The van der Waals surface area contributed by atoms with E-state index in [0.29, 0.717) is 12.4 Å². The van der Waals surface area contributed by atoms with Crippen LogP contribution in [0.1, 0.15) is 11.4 Å². The third kappa shape index (κ3) is 4.43. The second-order valence-electron chi connectivity index (χ2n) is 5.46. The summed E-state index contributed by atoms with van der Waals surface area (Å²) in [6.45, 7) is 8.68. The lowest BCUT2D eigenvalue weighted by Crippen LogP contribution is -2.01. The molecule has 2 rings (SSSR count). The summed E-state index contributed by atoms with van der Waals surface area (Å²) in [5, 5.41) is 5.87. The van der Waals surface area contributed by atoms with E-state index in [9.17, 15) is 0 Å². The van der Waals surface area contributed by atoms with E-state index in [1.807, 2.05) is 38.4 Å². The van der Waals surface area contributed by atoms with Crippen LogP contribution in [0, 0.1) is 0 Å². The molecule has 0 saturated heterocycles.